The van der Waals surface area contributed by atoms with Crippen molar-refractivity contribution in [1.82, 2.24) is 0 Å². The van der Waals surface area contributed by atoms with Gasteiger partial charge in [-0.2, -0.15) is 0 Å². The first-order valence-corrected chi connectivity index (χ1v) is 7.47. The summed E-state index contributed by atoms with van der Waals surface area (Å²) in [5.41, 5.74) is 0.281. The molecule has 0 amide bonds. The van der Waals surface area contributed by atoms with Crippen LogP contribution >= 0.6 is 34.8 Å². The van der Waals surface area contributed by atoms with Gasteiger partial charge in [0.2, 0.25) is 0 Å². The molecule has 20 heavy (non-hydrogen) atoms. The second-order valence-corrected chi connectivity index (χ2v) is 6.10. The van der Waals surface area contributed by atoms with Crippen molar-refractivity contribution in [3.63, 3.8) is 0 Å². The van der Waals surface area contributed by atoms with E-state index in [1.54, 1.807) is 6.92 Å². The molecule has 0 aliphatic rings. The molecule has 1 aromatic carbocycles. The van der Waals surface area contributed by atoms with E-state index >= 15 is 0 Å². The lowest BCUT2D eigenvalue weighted by molar-refractivity contribution is -0.144. The van der Waals surface area contributed by atoms with Crippen molar-refractivity contribution in [2.24, 2.45) is 0 Å². The van der Waals surface area contributed by atoms with Gasteiger partial charge < -0.3 is 4.74 Å². The van der Waals surface area contributed by atoms with Crippen LogP contribution in [0.15, 0.2) is 40.9 Å². The smallest absolute Gasteiger partial charge is 0.306 e. The molecule has 0 heterocycles. The molecule has 0 spiro atoms. The van der Waals surface area contributed by atoms with E-state index < -0.39 is 10.8 Å². The summed E-state index contributed by atoms with van der Waals surface area (Å²) in [5, 5.41) is -0.528. The van der Waals surface area contributed by atoms with E-state index in [1.807, 2.05) is 37.3 Å². The van der Waals surface area contributed by atoms with Gasteiger partial charge in [0.1, 0.15) is 4.49 Å². The van der Waals surface area contributed by atoms with Crippen molar-refractivity contribution in [3.05, 3.63) is 46.5 Å². The third kappa shape index (κ3) is 4.69. The van der Waals surface area contributed by atoms with Crippen LogP contribution in [0.4, 0.5) is 0 Å². The van der Waals surface area contributed by atoms with Gasteiger partial charge in [-0.25, -0.2) is 0 Å². The molecule has 0 saturated heterocycles. The Balaban J connectivity index is 3.12. The van der Waals surface area contributed by atoms with Crippen molar-refractivity contribution in [2.45, 2.75) is 31.1 Å². The zero-order chi connectivity index (χ0) is 15.2. The number of benzene rings is 1. The molecule has 2 nitrogen and oxygen atoms in total. The Hall–Kier alpha value is -0.700. The van der Waals surface area contributed by atoms with Gasteiger partial charge in [-0.05, 0) is 18.6 Å². The van der Waals surface area contributed by atoms with Gasteiger partial charge >= 0.3 is 5.97 Å². The van der Waals surface area contributed by atoms with Gasteiger partial charge in [-0.1, -0.05) is 60.5 Å². The number of carbonyl (C=O) groups excluding carboxylic acids is 1. The molecule has 5 heteroatoms. The number of halogens is 3. The highest BCUT2D eigenvalue weighted by molar-refractivity contribution is 6.56. The number of rotatable bonds is 6. The van der Waals surface area contributed by atoms with Crippen LogP contribution in [0.2, 0.25) is 0 Å². The highest BCUT2D eigenvalue weighted by Crippen LogP contribution is 2.37. The quantitative estimate of drug-likeness (QED) is 0.550. The molecule has 0 aliphatic carbocycles. The van der Waals surface area contributed by atoms with Crippen LogP contribution in [0.5, 0.6) is 0 Å². The second kappa shape index (κ2) is 7.92. The summed E-state index contributed by atoms with van der Waals surface area (Å²) in [7, 11) is 0. The Labute approximate surface area is 134 Å². The second-order valence-electron chi connectivity index (χ2n) is 4.62. The van der Waals surface area contributed by atoms with Gasteiger partial charge in [0.15, 0.2) is 0 Å². The molecule has 1 rings (SSSR count). The summed E-state index contributed by atoms with van der Waals surface area (Å²) in [5.74, 6) is -0.302. The number of carbonyl (C=O) groups is 1. The monoisotopic (exact) mass is 334 g/mol. The Morgan fingerprint density at radius 2 is 1.95 bits per heavy atom. The zero-order valence-corrected chi connectivity index (χ0v) is 13.7. The number of hydrogen-bond acceptors (Lipinski definition) is 2. The molecule has 110 valence electrons. The molecule has 2 unspecified atom stereocenters. The van der Waals surface area contributed by atoms with Crippen molar-refractivity contribution in [3.8, 4) is 0 Å². The maximum atomic E-state index is 11.9. The summed E-state index contributed by atoms with van der Waals surface area (Å²) in [4.78, 5) is 11.9. The third-order valence-electron chi connectivity index (χ3n) is 3.13. The van der Waals surface area contributed by atoms with Crippen molar-refractivity contribution in [2.75, 3.05) is 6.61 Å². The maximum Gasteiger partial charge on any atom is 0.306 e. The van der Waals surface area contributed by atoms with Gasteiger partial charge in [0.05, 0.1) is 18.4 Å². The van der Waals surface area contributed by atoms with Crippen LogP contribution < -0.4 is 0 Å². The van der Waals surface area contributed by atoms with Gasteiger partial charge in [0.25, 0.3) is 0 Å². The first kappa shape index (κ1) is 17.4. The minimum Gasteiger partial charge on any atom is -0.466 e. The molecular weight excluding hydrogens is 319 g/mol. The van der Waals surface area contributed by atoms with E-state index in [9.17, 15) is 4.79 Å². The molecule has 0 N–H and O–H groups in total. The van der Waals surface area contributed by atoms with Crippen molar-refractivity contribution in [1.29, 1.82) is 0 Å². The predicted molar refractivity (Wildman–Crippen MR) is 84.5 cm³/mol. The zero-order valence-electron chi connectivity index (χ0n) is 11.4. The largest absolute Gasteiger partial charge is 0.466 e. The minimum absolute atomic E-state index is 0.0796. The fourth-order valence-electron chi connectivity index (χ4n) is 1.98. The Kier molecular flexibility index (Phi) is 6.87. The van der Waals surface area contributed by atoms with Crippen molar-refractivity contribution < 1.29 is 9.53 Å². The summed E-state index contributed by atoms with van der Waals surface area (Å²) >= 11 is 17.8. The third-order valence-corrected chi connectivity index (χ3v) is 3.99. The van der Waals surface area contributed by atoms with E-state index in [4.69, 9.17) is 39.5 Å². The molecule has 0 saturated carbocycles. The molecular formula is C15H17Cl3O2. The molecule has 0 aromatic heterocycles. The van der Waals surface area contributed by atoms with Crippen LogP contribution in [0.3, 0.4) is 0 Å². The Bertz CT molecular complexity index is 469. The van der Waals surface area contributed by atoms with Crippen LogP contribution in [0, 0.1) is 0 Å². The summed E-state index contributed by atoms with van der Waals surface area (Å²) < 4.78 is 5.11. The number of esters is 1. The summed E-state index contributed by atoms with van der Waals surface area (Å²) in [6.45, 7) is 4.00. The average molecular weight is 336 g/mol. The van der Waals surface area contributed by atoms with E-state index in [2.05, 4.69) is 0 Å². The number of allylic oxidation sites excluding steroid dienone is 1. The van der Waals surface area contributed by atoms with E-state index in [0.717, 1.165) is 5.56 Å². The molecule has 0 aliphatic heterocycles. The lowest BCUT2D eigenvalue weighted by Gasteiger charge is -2.32. The fourth-order valence-corrected chi connectivity index (χ4v) is 2.69. The maximum absolute atomic E-state index is 11.9. The SMILES string of the molecule is CCOC(=O)CC(C)(c1ccccc1)C(Cl)C=C(Cl)Cl. The molecule has 0 radical (unpaired) electrons. The Morgan fingerprint density at radius 3 is 2.45 bits per heavy atom. The average Bonchev–Trinajstić information content (AvgIpc) is 2.39. The summed E-state index contributed by atoms with van der Waals surface area (Å²) in [6, 6.07) is 9.54. The van der Waals surface area contributed by atoms with Gasteiger partial charge in [-0.15, -0.1) is 11.6 Å². The van der Waals surface area contributed by atoms with Crippen LogP contribution in [-0.4, -0.2) is 18.0 Å². The fraction of sp³-hybridized carbons (Fsp3) is 0.400. The van der Waals surface area contributed by atoms with Crippen LogP contribution in [0.1, 0.15) is 25.8 Å². The predicted octanol–water partition coefficient (Wildman–Crippen LogP) is 4.82. The van der Waals surface area contributed by atoms with Crippen LogP contribution in [0.25, 0.3) is 0 Å². The normalized spacial score (nSPS) is 15.1. The highest BCUT2D eigenvalue weighted by atomic mass is 35.5. The van der Waals surface area contributed by atoms with E-state index in [1.165, 1.54) is 6.08 Å². The van der Waals surface area contributed by atoms with Gasteiger partial charge in [-0.3, -0.25) is 4.79 Å². The summed E-state index contributed by atoms with van der Waals surface area (Å²) in [6.07, 6.45) is 1.67. The highest BCUT2D eigenvalue weighted by Gasteiger charge is 2.36. The molecule has 1 aromatic rings. The van der Waals surface area contributed by atoms with Crippen molar-refractivity contribution >= 4 is 40.8 Å². The van der Waals surface area contributed by atoms with E-state index in [-0.39, 0.29) is 16.9 Å². The molecule has 2 atom stereocenters. The lowest BCUT2D eigenvalue weighted by Crippen LogP contribution is -2.35. The molecule has 0 fully saturated rings. The number of ether oxygens (including phenoxy) is 1. The topological polar surface area (TPSA) is 26.3 Å². The van der Waals surface area contributed by atoms with Gasteiger partial charge in [0, 0.05) is 5.41 Å². The molecule has 0 bridgehead atoms. The number of alkyl halides is 1. The number of hydrogen-bond donors (Lipinski definition) is 0. The Morgan fingerprint density at radius 1 is 1.35 bits per heavy atom. The lowest BCUT2D eigenvalue weighted by atomic mass is 9.76. The first-order valence-electron chi connectivity index (χ1n) is 6.28. The van der Waals surface area contributed by atoms with E-state index in [0.29, 0.717) is 6.61 Å². The first-order chi connectivity index (χ1) is 9.40. The standard InChI is InChI=1S/C15H17Cl3O2/c1-3-20-14(19)10-15(2,12(16)9-13(17)18)11-7-5-4-6-8-11/h4-9,12H,3,10H2,1-2H3. The van der Waals surface area contributed by atoms with Crippen LogP contribution in [-0.2, 0) is 14.9 Å². The minimum atomic E-state index is -0.649.